The van der Waals surface area contributed by atoms with Crippen LogP contribution >= 0.6 is 22.6 Å². The predicted octanol–water partition coefficient (Wildman–Crippen LogP) is 1.09. The fourth-order valence-corrected chi connectivity index (χ4v) is 0.800. The first-order chi connectivity index (χ1) is 4.87. The number of nitrogens with two attached hydrogens (primary N) is 1. The van der Waals surface area contributed by atoms with Crippen LogP contribution in [0.2, 0.25) is 0 Å². The van der Waals surface area contributed by atoms with Gasteiger partial charge in [0.1, 0.15) is 11.6 Å². The van der Waals surface area contributed by atoms with Gasteiger partial charge in [0.05, 0.1) is 0 Å². The van der Waals surface area contributed by atoms with Crippen LogP contribution in [0.3, 0.4) is 0 Å². The number of esters is 1. The average Bonchev–Trinajstić information content (AvgIpc) is 1.82. The molecule has 0 rings (SSSR count). The summed E-state index contributed by atoms with van der Waals surface area (Å²) < 4.78 is 5.61. The molecule has 0 radical (unpaired) electrons. The van der Waals surface area contributed by atoms with Crippen LogP contribution in [0.5, 0.6) is 0 Å². The predicted molar refractivity (Wildman–Crippen MR) is 52.7 cm³/mol. The summed E-state index contributed by atoms with van der Waals surface area (Å²) in [5, 5.41) is 0. The van der Waals surface area contributed by atoms with E-state index in [1.807, 2.05) is 20.8 Å². The van der Waals surface area contributed by atoms with Crippen LogP contribution in [0.1, 0.15) is 20.8 Å². The van der Waals surface area contributed by atoms with Crippen molar-refractivity contribution < 1.29 is 9.53 Å². The standard InChI is InChI=1S/C7H14INO2/c1-7(2,3)11-6(10)5(9)4-8/h5H,4,9H2,1-3H3/t5-/m0/s1. The molecule has 0 aliphatic carbocycles. The number of ether oxygens (including phenoxy) is 1. The van der Waals surface area contributed by atoms with Gasteiger partial charge < -0.3 is 10.5 Å². The molecule has 0 heterocycles. The lowest BCUT2D eigenvalue weighted by atomic mass is 10.2. The molecule has 0 aromatic rings. The Labute approximate surface area is 80.8 Å². The van der Waals surface area contributed by atoms with Gasteiger partial charge >= 0.3 is 5.97 Å². The topological polar surface area (TPSA) is 52.3 Å². The molecule has 66 valence electrons. The van der Waals surface area contributed by atoms with E-state index in [1.165, 1.54) is 0 Å². The van der Waals surface area contributed by atoms with Crippen LogP contribution in [-0.2, 0) is 9.53 Å². The molecule has 2 N–H and O–H groups in total. The van der Waals surface area contributed by atoms with E-state index >= 15 is 0 Å². The zero-order valence-corrected chi connectivity index (χ0v) is 9.21. The summed E-state index contributed by atoms with van der Waals surface area (Å²) in [4.78, 5) is 11.0. The van der Waals surface area contributed by atoms with Gasteiger partial charge in [0.2, 0.25) is 0 Å². The van der Waals surface area contributed by atoms with Gasteiger partial charge in [-0.05, 0) is 20.8 Å². The fraction of sp³-hybridized carbons (Fsp3) is 0.857. The first-order valence-corrected chi connectivity index (χ1v) is 4.94. The SMILES string of the molecule is CC(C)(C)OC(=O)[C@@H](N)CI. The summed E-state index contributed by atoms with van der Waals surface area (Å²) in [7, 11) is 0. The Morgan fingerprint density at radius 1 is 1.64 bits per heavy atom. The minimum absolute atomic E-state index is 0.327. The molecule has 11 heavy (non-hydrogen) atoms. The van der Waals surface area contributed by atoms with E-state index in [1.54, 1.807) is 0 Å². The summed E-state index contributed by atoms with van der Waals surface area (Å²) in [6, 6.07) is -0.491. The van der Waals surface area contributed by atoms with E-state index in [0.29, 0.717) is 4.43 Å². The van der Waals surface area contributed by atoms with Gasteiger partial charge in [-0.3, -0.25) is 4.79 Å². The van der Waals surface area contributed by atoms with Gasteiger partial charge in [0.25, 0.3) is 0 Å². The molecule has 0 bridgehead atoms. The third-order valence-electron chi connectivity index (χ3n) is 0.876. The highest BCUT2D eigenvalue weighted by Gasteiger charge is 2.20. The van der Waals surface area contributed by atoms with E-state index in [2.05, 4.69) is 22.6 Å². The van der Waals surface area contributed by atoms with Crippen LogP contribution in [0.4, 0.5) is 0 Å². The number of carbonyl (C=O) groups is 1. The number of halogens is 1. The zero-order valence-electron chi connectivity index (χ0n) is 7.06. The molecule has 0 saturated heterocycles. The fourth-order valence-electron chi connectivity index (χ4n) is 0.440. The first-order valence-electron chi connectivity index (χ1n) is 3.41. The Bertz CT molecular complexity index is 142. The van der Waals surface area contributed by atoms with Crippen molar-refractivity contribution in [1.82, 2.24) is 0 Å². The molecule has 0 aromatic heterocycles. The van der Waals surface area contributed by atoms with E-state index in [0.717, 1.165) is 0 Å². The van der Waals surface area contributed by atoms with Gasteiger partial charge in [-0.25, -0.2) is 0 Å². The maximum atomic E-state index is 11.0. The van der Waals surface area contributed by atoms with Crippen molar-refractivity contribution in [2.24, 2.45) is 5.73 Å². The van der Waals surface area contributed by atoms with Crippen LogP contribution in [0, 0.1) is 0 Å². The minimum atomic E-state index is -0.491. The van der Waals surface area contributed by atoms with Crippen molar-refractivity contribution >= 4 is 28.6 Å². The van der Waals surface area contributed by atoms with Crippen LogP contribution < -0.4 is 5.73 Å². The van der Waals surface area contributed by atoms with Crippen molar-refractivity contribution in [2.45, 2.75) is 32.4 Å². The third-order valence-corrected chi connectivity index (χ3v) is 1.82. The molecule has 4 heteroatoms. The highest BCUT2D eigenvalue weighted by atomic mass is 127. The molecule has 0 aliphatic rings. The highest BCUT2D eigenvalue weighted by Crippen LogP contribution is 2.08. The van der Waals surface area contributed by atoms with Gasteiger partial charge in [0, 0.05) is 4.43 Å². The van der Waals surface area contributed by atoms with Crippen molar-refractivity contribution in [3.8, 4) is 0 Å². The van der Waals surface area contributed by atoms with Crippen molar-refractivity contribution in [3.63, 3.8) is 0 Å². The Morgan fingerprint density at radius 3 is 2.36 bits per heavy atom. The molecule has 0 unspecified atom stereocenters. The third kappa shape index (κ3) is 5.43. The Morgan fingerprint density at radius 2 is 2.09 bits per heavy atom. The molecule has 0 aromatic carbocycles. The maximum Gasteiger partial charge on any atom is 0.324 e. The molecule has 0 fully saturated rings. The second kappa shape index (κ2) is 4.25. The molecular weight excluding hydrogens is 257 g/mol. The highest BCUT2D eigenvalue weighted by molar-refractivity contribution is 14.1. The van der Waals surface area contributed by atoms with E-state index in [-0.39, 0.29) is 5.97 Å². The van der Waals surface area contributed by atoms with Crippen LogP contribution in [-0.4, -0.2) is 22.0 Å². The molecule has 3 nitrogen and oxygen atoms in total. The van der Waals surface area contributed by atoms with E-state index < -0.39 is 11.6 Å². The van der Waals surface area contributed by atoms with Gasteiger partial charge in [-0.1, -0.05) is 22.6 Å². The lowest BCUT2D eigenvalue weighted by molar-refractivity contribution is -0.155. The lowest BCUT2D eigenvalue weighted by Crippen LogP contribution is -2.38. The van der Waals surface area contributed by atoms with Gasteiger partial charge in [0.15, 0.2) is 0 Å². The summed E-state index contributed by atoms with van der Waals surface area (Å²) in [5.74, 6) is -0.327. The number of hydrogen-bond acceptors (Lipinski definition) is 3. The van der Waals surface area contributed by atoms with Crippen molar-refractivity contribution in [2.75, 3.05) is 4.43 Å². The minimum Gasteiger partial charge on any atom is -0.459 e. The second-order valence-corrected chi connectivity index (χ2v) is 4.18. The smallest absolute Gasteiger partial charge is 0.324 e. The summed E-state index contributed by atoms with van der Waals surface area (Å²) in [5.41, 5.74) is 5.01. The number of alkyl halides is 1. The molecular formula is C7H14INO2. The Balaban J connectivity index is 3.88. The number of hydrogen-bond donors (Lipinski definition) is 1. The summed E-state index contributed by atoms with van der Waals surface area (Å²) in [6.07, 6.45) is 0. The average molecular weight is 271 g/mol. The molecule has 1 atom stereocenters. The quantitative estimate of drug-likeness (QED) is 0.464. The molecule has 0 spiro atoms. The Hall–Kier alpha value is 0.160. The van der Waals surface area contributed by atoms with E-state index in [4.69, 9.17) is 10.5 Å². The van der Waals surface area contributed by atoms with Crippen molar-refractivity contribution in [1.29, 1.82) is 0 Å². The Kier molecular flexibility index (Phi) is 4.31. The lowest BCUT2D eigenvalue weighted by Gasteiger charge is -2.21. The largest absolute Gasteiger partial charge is 0.459 e. The number of rotatable bonds is 2. The van der Waals surface area contributed by atoms with E-state index in [9.17, 15) is 4.79 Å². The first kappa shape index (κ1) is 11.2. The second-order valence-electron chi connectivity index (χ2n) is 3.29. The molecule has 0 amide bonds. The van der Waals surface area contributed by atoms with Gasteiger partial charge in [-0.15, -0.1) is 0 Å². The summed E-state index contributed by atoms with van der Waals surface area (Å²) in [6.45, 7) is 5.47. The summed E-state index contributed by atoms with van der Waals surface area (Å²) >= 11 is 2.05. The van der Waals surface area contributed by atoms with Crippen LogP contribution in [0.15, 0.2) is 0 Å². The molecule has 0 saturated carbocycles. The van der Waals surface area contributed by atoms with Crippen LogP contribution in [0.25, 0.3) is 0 Å². The monoisotopic (exact) mass is 271 g/mol. The van der Waals surface area contributed by atoms with Gasteiger partial charge in [-0.2, -0.15) is 0 Å². The maximum absolute atomic E-state index is 11.0. The molecule has 0 aliphatic heterocycles. The number of carbonyl (C=O) groups excluding carboxylic acids is 1. The normalized spacial score (nSPS) is 14.3. The van der Waals surface area contributed by atoms with Crippen molar-refractivity contribution in [3.05, 3.63) is 0 Å². The zero-order chi connectivity index (χ0) is 9.07.